The second kappa shape index (κ2) is 9.21. The molecule has 153 valence electrons. The van der Waals surface area contributed by atoms with Gasteiger partial charge >= 0.3 is 129 Å². The number of piperazine rings is 1. The first-order valence-corrected chi connectivity index (χ1v) is 10.5. The Balaban J connectivity index is 1.49. The number of hydrogen-bond donors (Lipinski definition) is 0. The van der Waals surface area contributed by atoms with E-state index in [9.17, 15) is 18.0 Å². The van der Waals surface area contributed by atoms with Crippen LogP contribution in [0.2, 0.25) is 0 Å². The molecule has 3 radical (unpaired) electrons. The Labute approximate surface area is 177 Å². The number of rotatable bonds is 5. The van der Waals surface area contributed by atoms with Crippen LogP contribution in [0.1, 0.15) is 12.0 Å². The Morgan fingerprint density at radius 2 is 1.72 bits per heavy atom. The van der Waals surface area contributed by atoms with Gasteiger partial charge in [0.2, 0.25) is 0 Å². The Bertz CT molecular complexity index is 834. The van der Waals surface area contributed by atoms with Crippen molar-refractivity contribution in [3.05, 3.63) is 54.1 Å². The molecule has 2 aromatic carbocycles. The number of carbonyl (C=O) groups is 1. The fourth-order valence-electron chi connectivity index (χ4n) is 3.36. The molecule has 1 saturated heterocycles. The molecule has 0 bridgehead atoms. The molecule has 2 aromatic rings. The molecule has 1 aliphatic heterocycles. The van der Waals surface area contributed by atoms with Crippen LogP contribution in [0.3, 0.4) is 0 Å². The van der Waals surface area contributed by atoms with Gasteiger partial charge in [0.1, 0.15) is 0 Å². The summed E-state index contributed by atoms with van der Waals surface area (Å²) in [5, 5.41) is 0. The van der Waals surface area contributed by atoms with Gasteiger partial charge in [-0.15, -0.1) is 0 Å². The van der Waals surface area contributed by atoms with Gasteiger partial charge in [-0.1, -0.05) is 6.07 Å². The monoisotopic (exact) mass is 464 g/mol. The minimum absolute atomic E-state index is 0.0501. The number of carbonyl (C=O) groups excluding carboxylic acids is 1. The van der Waals surface area contributed by atoms with Gasteiger partial charge in [0.15, 0.2) is 0 Å². The first kappa shape index (κ1) is 21.7. The third kappa shape index (κ3) is 5.76. The summed E-state index contributed by atoms with van der Waals surface area (Å²) in [5.74, 6) is 0.0501. The minimum atomic E-state index is -4.33. The normalized spacial score (nSPS) is 15.4. The van der Waals surface area contributed by atoms with E-state index in [2.05, 4.69) is 4.90 Å². The molecular weight excluding hydrogens is 440 g/mol. The number of halogens is 3. The van der Waals surface area contributed by atoms with Gasteiger partial charge in [0, 0.05) is 5.69 Å². The van der Waals surface area contributed by atoms with Crippen LogP contribution in [-0.4, -0.2) is 67.1 Å². The van der Waals surface area contributed by atoms with Crippen molar-refractivity contribution in [3.8, 4) is 0 Å². The summed E-state index contributed by atoms with van der Waals surface area (Å²) in [5.41, 5.74) is 0.840. The zero-order valence-electron chi connectivity index (χ0n) is 16.2. The van der Waals surface area contributed by atoms with Crippen molar-refractivity contribution < 1.29 is 18.0 Å². The van der Waals surface area contributed by atoms with Crippen LogP contribution in [0, 0.1) is 0 Å². The maximum absolute atomic E-state index is 12.9. The quantitative estimate of drug-likeness (QED) is 0.639. The Morgan fingerprint density at radius 3 is 2.34 bits per heavy atom. The van der Waals surface area contributed by atoms with Gasteiger partial charge in [0.05, 0.1) is 5.56 Å². The zero-order valence-corrected chi connectivity index (χ0v) is 18.3. The van der Waals surface area contributed by atoms with E-state index in [1.807, 2.05) is 45.7 Å². The summed E-state index contributed by atoms with van der Waals surface area (Å²) < 4.78 is 39.9. The van der Waals surface area contributed by atoms with Gasteiger partial charge in [-0.3, -0.25) is 0 Å². The van der Waals surface area contributed by atoms with Gasteiger partial charge in [-0.05, 0) is 18.2 Å². The molecule has 0 aromatic heterocycles. The van der Waals surface area contributed by atoms with Crippen molar-refractivity contribution in [1.82, 2.24) is 4.90 Å². The molecule has 0 atom stereocenters. The number of nitrogens with zero attached hydrogens (tertiary/aromatic N) is 3. The van der Waals surface area contributed by atoms with Crippen molar-refractivity contribution in [2.24, 2.45) is 0 Å². The molecule has 0 aliphatic carbocycles. The molecule has 4 nitrogen and oxygen atoms in total. The number of benzene rings is 2. The fourth-order valence-corrected chi connectivity index (χ4v) is 3.71. The van der Waals surface area contributed by atoms with Crippen molar-refractivity contribution in [1.29, 1.82) is 0 Å². The van der Waals surface area contributed by atoms with Crippen LogP contribution in [0.4, 0.5) is 24.5 Å². The van der Waals surface area contributed by atoms with E-state index in [4.69, 9.17) is 0 Å². The third-order valence-corrected chi connectivity index (χ3v) is 5.88. The summed E-state index contributed by atoms with van der Waals surface area (Å²) in [7, 11) is 1.78. The summed E-state index contributed by atoms with van der Waals surface area (Å²) in [4.78, 5) is 18.3. The molecule has 8 heteroatoms. The predicted octanol–water partition coefficient (Wildman–Crippen LogP) is 2.67. The molecular formula is C21H23F3GeN3O. The van der Waals surface area contributed by atoms with Gasteiger partial charge in [-0.25, -0.2) is 0 Å². The molecule has 1 heterocycles. The molecule has 0 N–H and O–H groups in total. The average molecular weight is 463 g/mol. The number of amides is 1. The molecule has 1 fully saturated rings. The first-order chi connectivity index (χ1) is 13.7. The molecule has 0 unspecified atom stereocenters. The van der Waals surface area contributed by atoms with E-state index < -0.39 is 11.7 Å². The summed E-state index contributed by atoms with van der Waals surface area (Å²) >= 11 is 2.00. The second-order valence-corrected chi connectivity index (χ2v) is 8.34. The summed E-state index contributed by atoms with van der Waals surface area (Å²) in [6.07, 6.45) is -3.92. The van der Waals surface area contributed by atoms with E-state index >= 15 is 0 Å². The first-order valence-electron chi connectivity index (χ1n) is 9.47. The second-order valence-electron chi connectivity index (χ2n) is 7.13. The van der Waals surface area contributed by atoms with Crippen LogP contribution in [0.15, 0.2) is 48.5 Å². The van der Waals surface area contributed by atoms with Crippen LogP contribution < -0.4 is 14.2 Å². The van der Waals surface area contributed by atoms with Crippen molar-refractivity contribution in [2.75, 3.05) is 49.6 Å². The topological polar surface area (TPSA) is 26.8 Å². The van der Waals surface area contributed by atoms with Crippen LogP contribution >= 0.6 is 0 Å². The molecule has 29 heavy (non-hydrogen) atoms. The molecule has 1 amide bonds. The van der Waals surface area contributed by atoms with E-state index in [0.717, 1.165) is 29.2 Å². The fraction of sp³-hybridized carbons (Fsp3) is 0.381. The SMILES string of the molecule is CN(C(=O)CCN1CCN(c2cccc(C(F)(F)F)c2)CC1)c1cc[c]([Ge])cc1. The number of anilines is 2. The molecule has 1 aliphatic rings. The average Bonchev–Trinajstić information content (AvgIpc) is 2.72. The summed E-state index contributed by atoms with van der Waals surface area (Å²) in [6.45, 7) is 3.37. The molecule has 0 spiro atoms. The van der Waals surface area contributed by atoms with E-state index in [0.29, 0.717) is 31.7 Å². The Hall–Kier alpha value is -2.00. The van der Waals surface area contributed by atoms with Crippen molar-refractivity contribution >= 4 is 38.2 Å². The van der Waals surface area contributed by atoms with Crippen LogP contribution in [0.25, 0.3) is 0 Å². The Morgan fingerprint density at radius 1 is 1.07 bits per heavy atom. The van der Waals surface area contributed by atoms with Crippen LogP contribution in [0.5, 0.6) is 0 Å². The van der Waals surface area contributed by atoms with E-state index in [1.165, 1.54) is 12.1 Å². The van der Waals surface area contributed by atoms with Gasteiger partial charge < -0.3 is 0 Å². The number of hydrogen-bond acceptors (Lipinski definition) is 3. The zero-order chi connectivity index (χ0) is 21.0. The van der Waals surface area contributed by atoms with Crippen molar-refractivity contribution in [3.63, 3.8) is 0 Å². The van der Waals surface area contributed by atoms with Gasteiger partial charge in [0.25, 0.3) is 0 Å². The standard InChI is InChI=1S/C21H23F3GeN3O/c1-26(18-7-5-17(25)6-8-18)20(29)9-10-27-11-13-28(14-12-27)19-4-2-3-16(15-19)21(22,23)24/h2-8,15H,9-14H2,1H3. The predicted molar refractivity (Wildman–Crippen MR) is 110 cm³/mol. The van der Waals surface area contributed by atoms with Gasteiger partial charge in [-0.2, -0.15) is 13.2 Å². The Kier molecular flexibility index (Phi) is 6.90. The molecule has 3 rings (SSSR count). The molecule has 0 saturated carbocycles. The number of alkyl halides is 3. The third-order valence-electron chi connectivity index (χ3n) is 5.18. The van der Waals surface area contributed by atoms with Crippen LogP contribution in [-0.2, 0) is 11.0 Å². The maximum atomic E-state index is 12.9. The van der Waals surface area contributed by atoms with E-state index in [1.54, 1.807) is 18.0 Å². The van der Waals surface area contributed by atoms with E-state index in [-0.39, 0.29) is 5.91 Å². The summed E-state index contributed by atoms with van der Waals surface area (Å²) in [6, 6.07) is 13.3. The van der Waals surface area contributed by atoms with Crippen molar-refractivity contribution in [2.45, 2.75) is 12.6 Å².